The molecule has 0 spiro atoms. The van der Waals surface area contributed by atoms with Gasteiger partial charge in [0.15, 0.2) is 0 Å². The van der Waals surface area contributed by atoms with Crippen LogP contribution in [0.5, 0.6) is 5.88 Å². The van der Waals surface area contributed by atoms with Crippen molar-refractivity contribution in [2.24, 2.45) is 5.92 Å². The fraction of sp³-hybridized carbons (Fsp3) is 0.600. The third-order valence-electron chi connectivity index (χ3n) is 1.94. The highest BCUT2D eigenvalue weighted by molar-refractivity contribution is 7.99. The Labute approximate surface area is 94.6 Å². The highest BCUT2D eigenvalue weighted by Crippen LogP contribution is 2.29. The molecule has 0 fully saturated rings. The Bertz CT molecular complexity index is 318. The molecule has 0 bridgehead atoms. The van der Waals surface area contributed by atoms with E-state index in [0.29, 0.717) is 17.5 Å². The minimum absolute atomic E-state index is 0.456. The van der Waals surface area contributed by atoms with Crippen LogP contribution < -0.4 is 10.5 Å². The lowest BCUT2D eigenvalue weighted by Gasteiger charge is -2.08. The molecule has 0 amide bonds. The van der Waals surface area contributed by atoms with Gasteiger partial charge < -0.3 is 10.5 Å². The van der Waals surface area contributed by atoms with Crippen molar-refractivity contribution in [3.8, 4) is 5.88 Å². The van der Waals surface area contributed by atoms with Crippen molar-refractivity contribution >= 4 is 17.4 Å². The Morgan fingerprint density at radius 1 is 1.47 bits per heavy atom. The van der Waals surface area contributed by atoms with E-state index < -0.39 is 0 Å². The van der Waals surface area contributed by atoms with Gasteiger partial charge in [-0.3, -0.25) is 0 Å². The SMILES string of the molecule is COc1ncnc(SCCC(C)C)c1N. The second-order valence-corrected chi connectivity index (χ2v) is 4.72. The van der Waals surface area contributed by atoms with Gasteiger partial charge in [-0.2, -0.15) is 4.98 Å². The van der Waals surface area contributed by atoms with Gasteiger partial charge in [-0.15, -0.1) is 11.8 Å². The van der Waals surface area contributed by atoms with Crippen LogP contribution >= 0.6 is 11.8 Å². The normalized spacial score (nSPS) is 10.7. The topological polar surface area (TPSA) is 61.0 Å². The van der Waals surface area contributed by atoms with Gasteiger partial charge in [0.1, 0.15) is 17.0 Å². The zero-order valence-corrected chi connectivity index (χ0v) is 10.2. The molecular formula is C10H17N3OS. The summed E-state index contributed by atoms with van der Waals surface area (Å²) in [6, 6.07) is 0. The summed E-state index contributed by atoms with van der Waals surface area (Å²) >= 11 is 1.65. The fourth-order valence-electron chi connectivity index (χ4n) is 1.03. The number of hydrogen-bond donors (Lipinski definition) is 1. The van der Waals surface area contributed by atoms with E-state index in [9.17, 15) is 0 Å². The van der Waals surface area contributed by atoms with E-state index in [-0.39, 0.29) is 0 Å². The molecule has 1 aromatic rings. The molecular weight excluding hydrogens is 210 g/mol. The molecule has 0 atom stereocenters. The minimum atomic E-state index is 0.456. The van der Waals surface area contributed by atoms with Crippen LogP contribution in [-0.2, 0) is 0 Å². The standard InChI is InChI=1S/C10H17N3OS/c1-7(2)4-5-15-10-8(11)9(14-3)12-6-13-10/h6-7H,4-5,11H2,1-3H3. The smallest absolute Gasteiger partial charge is 0.241 e. The van der Waals surface area contributed by atoms with Crippen LogP contribution in [-0.4, -0.2) is 22.8 Å². The van der Waals surface area contributed by atoms with E-state index in [4.69, 9.17) is 10.5 Å². The minimum Gasteiger partial charge on any atom is -0.479 e. The maximum atomic E-state index is 5.84. The van der Waals surface area contributed by atoms with Crippen LogP contribution in [0.4, 0.5) is 5.69 Å². The number of anilines is 1. The van der Waals surface area contributed by atoms with Crippen molar-refractivity contribution < 1.29 is 4.74 Å². The Morgan fingerprint density at radius 2 is 2.20 bits per heavy atom. The number of thioether (sulfide) groups is 1. The summed E-state index contributed by atoms with van der Waals surface area (Å²) in [5, 5.41) is 0.808. The molecule has 0 saturated heterocycles. The van der Waals surface area contributed by atoms with Gasteiger partial charge in [0.05, 0.1) is 7.11 Å². The summed E-state index contributed by atoms with van der Waals surface area (Å²) in [5.74, 6) is 2.17. The van der Waals surface area contributed by atoms with Gasteiger partial charge in [0, 0.05) is 0 Å². The molecule has 84 valence electrons. The zero-order valence-electron chi connectivity index (χ0n) is 9.36. The van der Waals surface area contributed by atoms with Crippen LogP contribution in [0.15, 0.2) is 11.4 Å². The summed E-state index contributed by atoms with van der Waals surface area (Å²) in [5.41, 5.74) is 6.38. The summed E-state index contributed by atoms with van der Waals surface area (Å²) < 4.78 is 5.02. The van der Waals surface area contributed by atoms with Crippen LogP contribution in [0.2, 0.25) is 0 Å². The van der Waals surface area contributed by atoms with Crippen LogP contribution in [0.25, 0.3) is 0 Å². The first kappa shape index (κ1) is 12.1. The number of nitrogens with two attached hydrogens (primary N) is 1. The molecule has 0 aliphatic heterocycles. The maximum absolute atomic E-state index is 5.84. The number of nitrogen functional groups attached to an aromatic ring is 1. The molecule has 1 aromatic heterocycles. The van der Waals surface area contributed by atoms with Gasteiger partial charge >= 0.3 is 0 Å². The monoisotopic (exact) mass is 227 g/mol. The van der Waals surface area contributed by atoms with Crippen molar-refractivity contribution in [1.82, 2.24) is 9.97 Å². The second-order valence-electron chi connectivity index (χ2n) is 3.63. The second kappa shape index (κ2) is 5.80. The van der Waals surface area contributed by atoms with Gasteiger partial charge in [0.25, 0.3) is 0 Å². The number of aromatic nitrogens is 2. The molecule has 1 rings (SSSR count). The Kier molecular flexibility index (Phi) is 4.68. The molecule has 1 heterocycles. The summed E-state index contributed by atoms with van der Waals surface area (Å²) in [6.45, 7) is 4.40. The lowest BCUT2D eigenvalue weighted by Crippen LogP contribution is -2.00. The maximum Gasteiger partial charge on any atom is 0.241 e. The van der Waals surface area contributed by atoms with Gasteiger partial charge in [-0.05, 0) is 18.1 Å². The first-order chi connectivity index (χ1) is 7.15. The average Bonchev–Trinajstić information content (AvgIpc) is 2.20. The lowest BCUT2D eigenvalue weighted by atomic mass is 10.2. The molecule has 2 N–H and O–H groups in total. The van der Waals surface area contributed by atoms with Crippen LogP contribution in [0.3, 0.4) is 0 Å². The first-order valence-electron chi connectivity index (χ1n) is 4.92. The van der Waals surface area contributed by atoms with Gasteiger partial charge in [-0.25, -0.2) is 4.98 Å². The largest absolute Gasteiger partial charge is 0.479 e. The van der Waals surface area contributed by atoms with Crippen molar-refractivity contribution in [3.05, 3.63) is 6.33 Å². The predicted molar refractivity (Wildman–Crippen MR) is 63.2 cm³/mol. The summed E-state index contributed by atoms with van der Waals surface area (Å²) in [7, 11) is 1.56. The van der Waals surface area contributed by atoms with Crippen molar-refractivity contribution in [3.63, 3.8) is 0 Å². The molecule has 0 aromatic carbocycles. The number of methoxy groups -OCH3 is 1. The molecule has 0 aliphatic carbocycles. The average molecular weight is 227 g/mol. The van der Waals surface area contributed by atoms with E-state index in [0.717, 1.165) is 17.2 Å². The Morgan fingerprint density at radius 3 is 2.80 bits per heavy atom. The Balaban J connectivity index is 2.61. The Hall–Kier alpha value is -0.970. The third kappa shape index (κ3) is 3.58. The van der Waals surface area contributed by atoms with Crippen molar-refractivity contribution in [2.45, 2.75) is 25.3 Å². The molecule has 4 nitrogen and oxygen atoms in total. The number of rotatable bonds is 5. The van der Waals surface area contributed by atoms with E-state index in [1.54, 1.807) is 18.9 Å². The van der Waals surface area contributed by atoms with Gasteiger partial charge in [-0.1, -0.05) is 13.8 Å². The van der Waals surface area contributed by atoms with Crippen LogP contribution in [0, 0.1) is 5.92 Å². The number of hydrogen-bond acceptors (Lipinski definition) is 5. The highest BCUT2D eigenvalue weighted by atomic mass is 32.2. The number of nitrogens with zero attached hydrogens (tertiary/aromatic N) is 2. The molecule has 5 heteroatoms. The van der Waals surface area contributed by atoms with Gasteiger partial charge in [0.2, 0.25) is 5.88 Å². The molecule has 15 heavy (non-hydrogen) atoms. The lowest BCUT2D eigenvalue weighted by molar-refractivity contribution is 0.397. The van der Waals surface area contributed by atoms with Crippen LogP contribution in [0.1, 0.15) is 20.3 Å². The predicted octanol–water partition coefficient (Wildman–Crippen LogP) is 2.21. The van der Waals surface area contributed by atoms with E-state index >= 15 is 0 Å². The molecule has 0 saturated carbocycles. The van der Waals surface area contributed by atoms with E-state index in [1.807, 2.05) is 0 Å². The zero-order chi connectivity index (χ0) is 11.3. The highest BCUT2D eigenvalue weighted by Gasteiger charge is 2.08. The molecule has 0 aliphatic rings. The summed E-state index contributed by atoms with van der Waals surface area (Å²) in [6.07, 6.45) is 2.63. The fourth-order valence-corrected chi connectivity index (χ4v) is 2.18. The van der Waals surface area contributed by atoms with Crippen molar-refractivity contribution in [1.29, 1.82) is 0 Å². The molecule has 0 radical (unpaired) electrons. The first-order valence-corrected chi connectivity index (χ1v) is 5.91. The van der Waals surface area contributed by atoms with Crippen molar-refractivity contribution in [2.75, 3.05) is 18.6 Å². The molecule has 0 unspecified atom stereocenters. The third-order valence-corrected chi connectivity index (χ3v) is 2.98. The van der Waals surface area contributed by atoms with E-state index in [1.165, 1.54) is 6.33 Å². The van der Waals surface area contributed by atoms with E-state index in [2.05, 4.69) is 23.8 Å². The summed E-state index contributed by atoms with van der Waals surface area (Å²) in [4.78, 5) is 8.06. The number of ether oxygens (including phenoxy) is 1. The quantitative estimate of drug-likeness (QED) is 0.617.